The molecule has 0 radical (unpaired) electrons. The number of aliphatic carboxylic acids is 1. The van der Waals surface area contributed by atoms with Crippen molar-refractivity contribution in [3.8, 4) is 0 Å². The lowest BCUT2D eigenvalue weighted by atomic mass is 10.1. The van der Waals surface area contributed by atoms with Gasteiger partial charge in [0.2, 0.25) is 11.8 Å². The van der Waals surface area contributed by atoms with Crippen LogP contribution in [0.3, 0.4) is 0 Å². The highest BCUT2D eigenvalue weighted by Crippen LogP contribution is 2.25. The Morgan fingerprint density at radius 1 is 1.21 bits per heavy atom. The Labute approximate surface area is 145 Å². The van der Waals surface area contributed by atoms with E-state index in [-0.39, 0.29) is 30.8 Å². The summed E-state index contributed by atoms with van der Waals surface area (Å²) >= 11 is 5.84. The molecule has 2 fully saturated rings. The predicted octanol–water partition coefficient (Wildman–Crippen LogP) is 1.42. The first-order valence-electron chi connectivity index (χ1n) is 7.98. The van der Waals surface area contributed by atoms with E-state index in [9.17, 15) is 14.4 Å². The zero-order valence-electron chi connectivity index (χ0n) is 13.2. The van der Waals surface area contributed by atoms with Crippen molar-refractivity contribution >= 4 is 29.4 Å². The van der Waals surface area contributed by atoms with Gasteiger partial charge in [0.05, 0.1) is 18.4 Å². The molecule has 2 heterocycles. The lowest BCUT2D eigenvalue weighted by Gasteiger charge is -2.24. The van der Waals surface area contributed by atoms with Crippen molar-refractivity contribution in [3.63, 3.8) is 0 Å². The molecule has 0 aliphatic carbocycles. The molecule has 1 aromatic rings. The van der Waals surface area contributed by atoms with Crippen LogP contribution in [0.4, 0.5) is 0 Å². The smallest absolute Gasteiger partial charge is 0.308 e. The zero-order chi connectivity index (χ0) is 17.3. The predicted molar refractivity (Wildman–Crippen MR) is 87.6 cm³/mol. The van der Waals surface area contributed by atoms with Crippen LogP contribution in [0.15, 0.2) is 24.3 Å². The van der Waals surface area contributed by atoms with Crippen molar-refractivity contribution in [2.75, 3.05) is 19.6 Å². The fraction of sp³-hybridized carbons (Fsp3) is 0.471. The monoisotopic (exact) mass is 350 g/mol. The van der Waals surface area contributed by atoms with Gasteiger partial charge in [0.1, 0.15) is 0 Å². The van der Waals surface area contributed by atoms with Gasteiger partial charge in [0.15, 0.2) is 0 Å². The van der Waals surface area contributed by atoms with Gasteiger partial charge in [-0.05, 0) is 24.1 Å². The number of carbonyl (C=O) groups is 3. The van der Waals surface area contributed by atoms with Crippen LogP contribution < -0.4 is 0 Å². The van der Waals surface area contributed by atoms with E-state index >= 15 is 0 Å². The SMILES string of the molecule is O=C(O)C1CC(=O)N(C2CCN(C(=O)Cc3ccc(Cl)cc3)C2)C1. The number of carboxylic acids is 1. The van der Waals surface area contributed by atoms with Gasteiger partial charge >= 0.3 is 5.97 Å². The van der Waals surface area contributed by atoms with Crippen molar-refractivity contribution in [1.82, 2.24) is 9.80 Å². The van der Waals surface area contributed by atoms with E-state index in [1.54, 1.807) is 21.9 Å². The summed E-state index contributed by atoms with van der Waals surface area (Å²) in [6.45, 7) is 1.32. The molecule has 6 nitrogen and oxygen atoms in total. The number of hydrogen-bond donors (Lipinski definition) is 1. The molecule has 7 heteroatoms. The van der Waals surface area contributed by atoms with E-state index in [0.29, 0.717) is 31.0 Å². The van der Waals surface area contributed by atoms with Gasteiger partial charge in [-0.15, -0.1) is 0 Å². The summed E-state index contributed by atoms with van der Waals surface area (Å²) in [5.74, 6) is -1.67. The van der Waals surface area contributed by atoms with Gasteiger partial charge in [-0.1, -0.05) is 23.7 Å². The number of amides is 2. The average Bonchev–Trinajstić information content (AvgIpc) is 3.16. The van der Waals surface area contributed by atoms with Gasteiger partial charge in [-0.2, -0.15) is 0 Å². The third-order valence-corrected chi connectivity index (χ3v) is 4.99. The maximum absolute atomic E-state index is 12.4. The minimum absolute atomic E-state index is 0.0150. The number of likely N-dealkylation sites (tertiary alicyclic amines) is 2. The second-order valence-corrected chi connectivity index (χ2v) is 6.81. The molecule has 0 bridgehead atoms. The first kappa shape index (κ1) is 16.8. The van der Waals surface area contributed by atoms with Crippen LogP contribution >= 0.6 is 11.6 Å². The van der Waals surface area contributed by atoms with Crippen LogP contribution in [0.5, 0.6) is 0 Å². The summed E-state index contributed by atoms with van der Waals surface area (Å²) in [7, 11) is 0. The molecular weight excluding hydrogens is 332 g/mol. The topological polar surface area (TPSA) is 77.9 Å². The Kier molecular flexibility index (Phi) is 4.76. The first-order chi connectivity index (χ1) is 11.4. The number of halogens is 1. The van der Waals surface area contributed by atoms with Gasteiger partial charge in [-0.25, -0.2) is 0 Å². The number of carbonyl (C=O) groups excluding carboxylic acids is 2. The molecule has 2 aliphatic heterocycles. The van der Waals surface area contributed by atoms with Gasteiger partial charge < -0.3 is 14.9 Å². The molecule has 0 saturated carbocycles. The van der Waals surface area contributed by atoms with Crippen LogP contribution in [0.2, 0.25) is 5.02 Å². The molecule has 24 heavy (non-hydrogen) atoms. The van der Waals surface area contributed by atoms with Crippen molar-refractivity contribution in [1.29, 1.82) is 0 Å². The molecule has 2 aliphatic rings. The van der Waals surface area contributed by atoms with Gasteiger partial charge in [0, 0.05) is 31.1 Å². The molecular formula is C17H19ClN2O4. The second-order valence-electron chi connectivity index (χ2n) is 6.37. The van der Waals surface area contributed by atoms with E-state index in [0.717, 1.165) is 5.56 Å². The molecule has 0 aromatic heterocycles. The highest BCUT2D eigenvalue weighted by Gasteiger charge is 2.40. The highest BCUT2D eigenvalue weighted by atomic mass is 35.5. The second kappa shape index (κ2) is 6.81. The minimum Gasteiger partial charge on any atom is -0.481 e. The van der Waals surface area contributed by atoms with Crippen molar-refractivity contribution in [2.45, 2.75) is 25.3 Å². The first-order valence-corrected chi connectivity index (χ1v) is 8.36. The Morgan fingerprint density at radius 3 is 2.54 bits per heavy atom. The van der Waals surface area contributed by atoms with E-state index in [2.05, 4.69) is 0 Å². The minimum atomic E-state index is -0.931. The van der Waals surface area contributed by atoms with Crippen molar-refractivity contribution in [3.05, 3.63) is 34.9 Å². The Morgan fingerprint density at radius 2 is 1.92 bits per heavy atom. The Balaban J connectivity index is 1.57. The fourth-order valence-electron chi connectivity index (χ4n) is 3.36. The number of carboxylic acid groups (broad SMARTS) is 1. The molecule has 128 valence electrons. The zero-order valence-corrected chi connectivity index (χ0v) is 13.9. The average molecular weight is 351 g/mol. The summed E-state index contributed by atoms with van der Waals surface area (Å²) in [4.78, 5) is 38.9. The van der Waals surface area contributed by atoms with E-state index in [1.807, 2.05) is 12.1 Å². The standard InChI is InChI=1S/C17H19ClN2O4/c18-13-3-1-11(2-4-13)7-15(21)19-6-5-14(10-19)20-9-12(17(23)24)8-16(20)22/h1-4,12,14H,5-10H2,(H,23,24). The maximum Gasteiger partial charge on any atom is 0.308 e. The Bertz CT molecular complexity index is 661. The molecule has 0 spiro atoms. The Hall–Kier alpha value is -2.08. The third-order valence-electron chi connectivity index (χ3n) is 4.73. The summed E-state index contributed by atoms with van der Waals surface area (Å²) < 4.78 is 0. The van der Waals surface area contributed by atoms with E-state index in [1.165, 1.54) is 0 Å². The van der Waals surface area contributed by atoms with Crippen LogP contribution in [0.25, 0.3) is 0 Å². The lowest BCUT2D eigenvalue weighted by molar-refractivity contribution is -0.141. The largest absolute Gasteiger partial charge is 0.481 e. The lowest BCUT2D eigenvalue weighted by Crippen LogP contribution is -2.40. The fourth-order valence-corrected chi connectivity index (χ4v) is 3.49. The van der Waals surface area contributed by atoms with E-state index < -0.39 is 11.9 Å². The van der Waals surface area contributed by atoms with Crippen LogP contribution in [0, 0.1) is 5.92 Å². The summed E-state index contributed by atoms with van der Waals surface area (Å²) in [5, 5.41) is 9.69. The summed E-state index contributed by atoms with van der Waals surface area (Å²) in [6, 6.07) is 7.10. The van der Waals surface area contributed by atoms with Crippen LogP contribution in [0.1, 0.15) is 18.4 Å². The third kappa shape index (κ3) is 3.53. The van der Waals surface area contributed by atoms with Gasteiger partial charge in [-0.3, -0.25) is 14.4 Å². The summed E-state index contributed by atoms with van der Waals surface area (Å²) in [6.07, 6.45) is 1.06. The molecule has 2 amide bonds. The molecule has 1 aromatic carbocycles. The quantitative estimate of drug-likeness (QED) is 0.890. The maximum atomic E-state index is 12.4. The number of rotatable bonds is 4. The van der Waals surface area contributed by atoms with Crippen molar-refractivity contribution in [2.24, 2.45) is 5.92 Å². The molecule has 1 N–H and O–H groups in total. The molecule has 2 atom stereocenters. The number of benzene rings is 1. The normalized spacial score (nSPS) is 23.8. The van der Waals surface area contributed by atoms with Crippen LogP contribution in [-0.2, 0) is 20.8 Å². The highest BCUT2D eigenvalue weighted by molar-refractivity contribution is 6.30. The van der Waals surface area contributed by atoms with Gasteiger partial charge in [0.25, 0.3) is 0 Å². The van der Waals surface area contributed by atoms with E-state index in [4.69, 9.17) is 16.7 Å². The van der Waals surface area contributed by atoms with Crippen molar-refractivity contribution < 1.29 is 19.5 Å². The molecule has 2 unspecified atom stereocenters. The summed E-state index contributed by atoms with van der Waals surface area (Å²) in [5.41, 5.74) is 0.899. The molecule has 3 rings (SSSR count). The molecule has 2 saturated heterocycles. The number of hydrogen-bond acceptors (Lipinski definition) is 3. The van der Waals surface area contributed by atoms with Crippen LogP contribution in [-0.4, -0.2) is 58.4 Å². The number of nitrogens with zero attached hydrogens (tertiary/aromatic N) is 2.